The quantitative estimate of drug-likeness (QED) is 0.559. The van der Waals surface area contributed by atoms with Crippen LogP contribution in [0.3, 0.4) is 0 Å². The summed E-state index contributed by atoms with van der Waals surface area (Å²) in [7, 11) is 0. The zero-order chi connectivity index (χ0) is 14.1. The lowest BCUT2D eigenvalue weighted by Gasteiger charge is -2.13. The Kier molecular flexibility index (Phi) is 6.97. The van der Waals surface area contributed by atoms with E-state index in [1.165, 1.54) is 0 Å². The first-order chi connectivity index (χ1) is 9.15. The lowest BCUT2D eigenvalue weighted by Crippen LogP contribution is -2.29. The molecule has 0 heterocycles. The van der Waals surface area contributed by atoms with Crippen LogP contribution in [-0.4, -0.2) is 25.7 Å². The van der Waals surface area contributed by atoms with Crippen LogP contribution in [0.15, 0.2) is 24.3 Å². The van der Waals surface area contributed by atoms with Crippen molar-refractivity contribution in [3.8, 4) is 0 Å². The van der Waals surface area contributed by atoms with Gasteiger partial charge in [0.15, 0.2) is 0 Å². The lowest BCUT2D eigenvalue weighted by molar-refractivity contribution is -0.122. The average Bonchev–Trinajstić information content (AvgIpc) is 2.41. The standard InChI is InChI=1S/C15H24N2O2/c1-3-9-19-10-5-8-17-15(18)12(2)13-6-4-7-14(16)11-13/h4,6-7,11-12H,3,5,8-10,16H2,1-2H3,(H,17,18). The fourth-order valence-corrected chi connectivity index (χ4v) is 1.77. The van der Waals surface area contributed by atoms with Gasteiger partial charge in [0.05, 0.1) is 5.92 Å². The number of benzene rings is 1. The van der Waals surface area contributed by atoms with Crippen molar-refractivity contribution in [3.63, 3.8) is 0 Å². The van der Waals surface area contributed by atoms with Crippen molar-refractivity contribution in [3.05, 3.63) is 29.8 Å². The minimum Gasteiger partial charge on any atom is -0.399 e. The molecule has 0 spiro atoms. The normalized spacial score (nSPS) is 12.1. The third kappa shape index (κ3) is 5.75. The van der Waals surface area contributed by atoms with Gasteiger partial charge in [-0.15, -0.1) is 0 Å². The largest absolute Gasteiger partial charge is 0.399 e. The monoisotopic (exact) mass is 264 g/mol. The fourth-order valence-electron chi connectivity index (χ4n) is 1.77. The second kappa shape index (κ2) is 8.53. The highest BCUT2D eigenvalue weighted by atomic mass is 16.5. The van der Waals surface area contributed by atoms with Crippen molar-refractivity contribution in [1.29, 1.82) is 0 Å². The molecule has 0 saturated heterocycles. The Balaban J connectivity index is 2.29. The minimum atomic E-state index is -0.180. The third-order valence-electron chi connectivity index (χ3n) is 2.92. The SMILES string of the molecule is CCCOCCCNC(=O)C(C)c1cccc(N)c1. The van der Waals surface area contributed by atoms with Crippen LogP contribution in [0.5, 0.6) is 0 Å². The first-order valence-corrected chi connectivity index (χ1v) is 6.86. The second-order valence-corrected chi connectivity index (χ2v) is 4.65. The summed E-state index contributed by atoms with van der Waals surface area (Å²) >= 11 is 0. The van der Waals surface area contributed by atoms with Crippen molar-refractivity contribution in [2.75, 3.05) is 25.5 Å². The van der Waals surface area contributed by atoms with Crippen molar-refractivity contribution in [2.24, 2.45) is 0 Å². The maximum atomic E-state index is 12.0. The molecule has 106 valence electrons. The molecule has 0 fully saturated rings. The number of hydrogen-bond donors (Lipinski definition) is 2. The molecule has 0 aliphatic rings. The molecular formula is C15H24N2O2. The van der Waals surface area contributed by atoms with Gasteiger partial charge in [0, 0.05) is 25.4 Å². The summed E-state index contributed by atoms with van der Waals surface area (Å²) in [5.74, 6) is -0.152. The second-order valence-electron chi connectivity index (χ2n) is 4.65. The Labute approximate surface area is 115 Å². The average molecular weight is 264 g/mol. The maximum Gasteiger partial charge on any atom is 0.227 e. The molecule has 1 atom stereocenters. The highest BCUT2D eigenvalue weighted by molar-refractivity contribution is 5.83. The van der Waals surface area contributed by atoms with Crippen molar-refractivity contribution >= 4 is 11.6 Å². The van der Waals surface area contributed by atoms with Crippen molar-refractivity contribution < 1.29 is 9.53 Å². The molecule has 4 nitrogen and oxygen atoms in total. The molecule has 0 aliphatic carbocycles. The van der Waals surface area contributed by atoms with Gasteiger partial charge in [0.25, 0.3) is 0 Å². The van der Waals surface area contributed by atoms with Crippen LogP contribution in [-0.2, 0) is 9.53 Å². The summed E-state index contributed by atoms with van der Waals surface area (Å²) in [5.41, 5.74) is 7.35. The molecular weight excluding hydrogens is 240 g/mol. The predicted molar refractivity (Wildman–Crippen MR) is 78.0 cm³/mol. The van der Waals surface area contributed by atoms with E-state index in [2.05, 4.69) is 12.2 Å². The smallest absolute Gasteiger partial charge is 0.227 e. The zero-order valence-electron chi connectivity index (χ0n) is 11.8. The van der Waals surface area contributed by atoms with Gasteiger partial charge in [-0.2, -0.15) is 0 Å². The molecule has 0 bridgehead atoms. The number of nitrogen functional groups attached to an aromatic ring is 1. The summed E-state index contributed by atoms with van der Waals surface area (Å²) in [6.45, 7) is 6.09. The van der Waals surface area contributed by atoms with Gasteiger partial charge in [-0.25, -0.2) is 0 Å². The molecule has 1 aromatic rings. The zero-order valence-corrected chi connectivity index (χ0v) is 11.8. The topological polar surface area (TPSA) is 64.3 Å². The molecule has 1 aromatic carbocycles. The Morgan fingerprint density at radius 3 is 2.89 bits per heavy atom. The molecule has 3 N–H and O–H groups in total. The number of rotatable bonds is 8. The van der Waals surface area contributed by atoms with E-state index in [9.17, 15) is 4.79 Å². The molecule has 4 heteroatoms. The van der Waals surface area contributed by atoms with E-state index in [0.29, 0.717) is 18.8 Å². The van der Waals surface area contributed by atoms with Crippen LogP contribution in [0.1, 0.15) is 38.2 Å². The fraction of sp³-hybridized carbons (Fsp3) is 0.533. The van der Waals surface area contributed by atoms with Crippen LogP contribution >= 0.6 is 0 Å². The van der Waals surface area contributed by atoms with Crippen LogP contribution in [0.2, 0.25) is 0 Å². The van der Waals surface area contributed by atoms with Gasteiger partial charge < -0.3 is 15.8 Å². The molecule has 1 amide bonds. The van der Waals surface area contributed by atoms with Crippen LogP contribution in [0.25, 0.3) is 0 Å². The van der Waals surface area contributed by atoms with Gasteiger partial charge in [-0.1, -0.05) is 19.1 Å². The number of amides is 1. The Hall–Kier alpha value is -1.55. The summed E-state index contributed by atoms with van der Waals surface area (Å²) < 4.78 is 5.36. The van der Waals surface area contributed by atoms with E-state index in [1.54, 1.807) is 0 Å². The number of anilines is 1. The van der Waals surface area contributed by atoms with Gasteiger partial charge in [0.1, 0.15) is 0 Å². The molecule has 19 heavy (non-hydrogen) atoms. The summed E-state index contributed by atoms with van der Waals surface area (Å²) in [4.78, 5) is 12.0. The van der Waals surface area contributed by atoms with E-state index in [4.69, 9.17) is 10.5 Å². The van der Waals surface area contributed by atoms with Gasteiger partial charge in [-0.3, -0.25) is 4.79 Å². The Bertz CT molecular complexity index is 393. The van der Waals surface area contributed by atoms with E-state index in [1.807, 2.05) is 31.2 Å². The number of carbonyl (C=O) groups excluding carboxylic acids is 1. The summed E-state index contributed by atoms with van der Waals surface area (Å²) in [6.07, 6.45) is 1.87. The van der Waals surface area contributed by atoms with Crippen molar-refractivity contribution in [2.45, 2.75) is 32.6 Å². The van der Waals surface area contributed by atoms with E-state index < -0.39 is 0 Å². The van der Waals surface area contributed by atoms with Gasteiger partial charge in [-0.05, 0) is 37.5 Å². The number of carbonyl (C=O) groups is 1. The van der Waals surface area contributed by atoms with Gasteiger partial charge >= 0.3 is 0 Å². The first kappa shape index (κ1) is 15.5. The molecule has 0 aliphatic heterocycles. The summed E-state index contributed by atoms with van der Waals surface area (Å²) in [6, 6.07) is 7.45. The lowest BCUT2D eigenvalue weighted by atomic mass is 10.00. The number of nitrogens with one attached hydrogen (secondary N) is 1. The minimum absolute atomic E-state index is 0.0288. The number of nitrogens with two attached hydrogens (primary N) is 1. The van der Waals surface area contributed by atoms with E-state index in [0.717, 1.165) is 25.0 Å². The van der Waals surface area contributed by atoms with Crippen LogP contribution in [0, 0.1) is 0 Å². The van der Waals surface area contributed by atoms with Crippen molar-refractivity contribution in [1.82, 2.24) is 5.32 Å². The molecule has 1 unspecified atom stereocenters. The van der Waals surface area contributed by atoms with Crippen LogP contribution < -0.4 is 11.1 Å². The Morgan fingerprint density at radius 2 is 2.21 bits per heavy atom. The number of hydrogen-bond acceptors (Lipinski definition) is 3. The number of ether oxygens (including phenoxy) is 1. The third-order valence-corrected chi connectivity index (χ3v) is 2.92. The van der Waals surface area contributed by atoms with E-state index in [-0.39, 0.29) is 11.8 Å². The highest BCUT2D eigenvalue weighted by Crippen LogP contribution is 2.17. The van der Waals surface area contributed by atoms with Crippen LogP contribution in [0.4, 0.5) is 5.69 Å². The first-order valence-electron chi connectivity index (χ1n) is 6.86. The summed E-state index contributed by atoms with van der Waals surface area (Å²) in [5, 5.41) is 2.92. The molecule has 1 rings (SSSR count). The maximum absolute atomic E-state index is 12.0. The predicted octanol–water partition coefficient (Wildman–Crippen LogP) is 2.31. The van der Waals surface area contributed by atoms with E-state index >= 15 is 0 Å². The van der Waals surface area contributed by atoms with Gasteiger partial charge in [0.2, 0.25) is 5.91 Å². The molecule has 0 radical (unpaired) electrons. The Morgan fingerprint density at radius 1 is 1.42 bits per heavy atom. The molecule has 0 aromatic heterocycles. The molecule has 0 saturated carbocycles. The highest BCUT2D eigenvalue weighted by Gasteiger charge is 2.14.